The van der Waals surface area contributed by atoms with Crippen LogP contribution < -0.4 is 10.1 Å². The molecule has 5 heteroatoms. The Hall–Kier alpha value is -1.07. The first-order valence-corrected chi connectivity index (χ1v) is 6.82. The van der Waals surface area contributed by atoms with Crippen molar-refractivity contribution in [2.45, 2.75) is 26.0 Å². The highest BCUT2D eigenvalue weighted by Crippen LogP contribution is 2.28. The summed E-state index contributed by atoms with van der Waals surface area (Å²) in [6.07, 6.45) is 0.144. The Morgan fingerprint density at radius 2 is 2.39 bits per heavy atom. The molecule has 0 radical (unpaired) electrons. The highest BCUT2D eigenvalue weighted by atomic mass is 79.9. The molecule has 0 aliphatic carbocycles. The number of benzene rings is 1. The Kier molecular flexibility index (Phi) is 4.60. The Morgan fingerprint density at radius 1 is 1.56 bits per heavy atom. The molecule has 4 nitrogen and oxygen atoms in total. The largest absolute Gasteiger partial charge is 0.477 e. The van der Waals surface area contributed by atoms with E-state index in [4.69, 9.17) is 9.47 Å². The second-order valence-corrected chi connectivity index (χ2v) is 4.96. The minimum Gasteiger partial charge on any atom is -0.477 e. The molecule has 18 heavy (non-hydrogen) atoms. The van der Waals surface area contributed by atoms with Crippen molar-refractivity contribution in [1.82, 2.24) is 5.32 Å². The fraction of sp³-hybridized carbons (Fsp3) is 0.462. The minimum absolute atomic E-state index is 0.279. The van der Waals surface area contributed by atoms with Gasteiger partial charge >= 0.3 is 5.97 Å². The molecule has 1 N–H and O–H groups in total. The molecule has 1 aliphatic heterocycles. The number of hydrogen-bond donors (Lipinski definition) is 1. The summed E-state index contributed by atoms with van der Waals surface area (Å²) in [7, 11) is 0. The summed E-state index contributed by atoms with van der Waals surface area (Å²) in [5.74, 6) is 0.401. The number of carbonyl (C=O) groups excluding carboxylic acids is 1. The van der Waals surface area contributed by atoms with Crippen LogP contribution in [0, 0.1) is 0 Å². The maximum atomic E-state index is 11.3. The predicted octanol–water partition coefficient (Wildman–Crippen LogP) is 2.25. The highest BCUT2D eigenvalue weighted by Gasteiger charge is 2.28. The van der Waals surface area contributed by atoms with Gasteiger partial charge < -0.3 is 14.8 Å². The van der Waals surface area contributed by atoms with Gasteiger partial charge in [-0.15, -0.1) is 0 Å². The molecular weight excluding hydrogens is 298 g/mol. The van der Waals surface area contributed by atoms with Gasteiger partial charge in [-0.3, -0.25) is 0 Å². The van der Waals surface area contributed by atoms with Gasteiger partial charge in [0.15, 0.2) is 6.10 Å². The SMILES string of the molecule is CCNCc1ccc(OC2CCOC2=O)c(Br)c1. The zero-order chi connectivity index (χ0) is 13.0. The summed E-state index contributed by atoms with van der Waals surface area (Å²) in [6, 6.07) is 5.86. The average molecular weight is 314 g/mol. The van der Waals surface area contributed by atoms with E-state index in [0.717, 1.165) is 17.6 Å². The molecule has 2 rings (SSSR count). The van der Waals surface area contributed by atoms with Crippen LogP contribution in [-0.4, -0.2) is 25.2 Å². The zero-order valence-electron chi connectivity index (χ0n) is 10.2. The van der Waals surface area contributed by atoms with Crippen molar-refractivity contribution in [2.24, 2.45) is 0 Å². The number of cyclic esters (lactones) is 1. The van der Waals surface area contributed by atoms with Crippen LogP contribution in [0.4, 0.5) is 0 Å². The van der Waals surface area contributed by atoms with E-state index >= 15 is 0 Å². The summed E-state index contributed by atoms with van der Waals surface area (Å²) in [6.45, 7) is 4.27. The van der Waals surface area contributed by atoms with Crippen LogP contribution in [-0.2, 0) is 16.1 Å². The quantitative estimate of drug-likeness (QED) is 0.847. The minimum atomic E-state index is -0.471. The molecule has 1 aromatic carbocycles. The van der Waals surface area contributed by atoms with Crippen molar-refractivity contribution in [3.63, 3.8) is 0 Å². The average Bonchev–Trinajstić information content (AvgIpc) is 2.75. The maximum absolute atomic E-state index is 11.3. The zero-order valence-corrected chi connectivity index (χ0v) is 11.8. The Morgan fingerprint density at radius 3 is 3.00 bits per heavy atom. The summed E-state index contributed by atoms with van der Waals surface area (Å²) in [4.78, 5) is 11.3. The standard InChI is InChI=1S/C13H16BrNO3/c1-2-15-8-9-3-4-11(10(14)7-9)18-12-5-6-17-13(12)16/h3-4,7,12,15H,2,5-6,8H2,1H3. The first kappa shape index (κ1) is 13.4. The van der Waals surface area contributed by atoms with Crippen LogP contribution in [0.15, 0.2) is 22.7 Å². The number of esters is 1. The van der Waals surface area contributed by atoms with Crippen molar-refractivity contribution in [1.29, 1.82) is 0 Å². The van der Waals surface area contributed by atoms with Gasteiger partial charge in [-0.05, 0) is 40.2 Å². The molecule has 1 saturated heterocycles. The van der Waals surface area contributed by atoms with Crippen molar-refractivity contribution < 1.29 is 14.3 Å². The lowest BCUT2D eigenvalue weighted by atomic mass is 10.2. The lowest BCUT2D eigenvalue weighted by Gasteiger charge is -2.12. The molecule has 1 unspecified atom stereocenters. The highest BCUT2D eigenvalue weighted by molar-refractivity contribution is 9.10. The van der Waals surface area contributed by atoms with Gasteiger partial charge in [-0.2, -0.15) is 0 Å². The van der Waals surface area contributed by atoms with Crippen LogP contribution in [0.2, 0.25) is 0 Å². The van der Waals surface area contributed by atoms with Gasteiger partial charge in [0.05, 0.1) is 11.1 Å². The van der Waals surface area contributed by atoms with Crippen molar-refractivity contribution >= 4 is 21.9 Å². The predicted molar refractivity (Wildman–Crippen MR) is 71.5 cm³/mol. The molecule has 1 aliphatic rings. The van der Waals surface area contributed by atoms with Crippen LogP contribution in [0.3, 0.4) is 0 Å². The number of carbonyl (C=O) groups is 1. The van der Waals surface area contributed by atoms with Gasteiger partial charge in [-0.1, -0.05) is 13.0 Å². The normalized spacial score (nSPS) is 18.8. The molecule has 1 aromatic rings. The number of ether oxygens (including phenoxy) is 2. The van der Waals surface area contributed by atoms with E-state index in [0.29, 0.717) is 18.8 Å². The smallest absolute Gasteiger partial charge is 0.347 e. The Labute approximate surface area is 115 Å². The summed E-state index contributed by atoms with van der Waals surface area (Å²) < 4.78 is 11.4. The molecule has 1 atom stereocenters. The first-order chi connectivity index (χ1) is 8.70. The monoisotopic (exact) mass is 313 g/mol. The summed E-state index contributed by atoms with van der Waals surface area (Å²) >= 11 is 3.46. The molecule has 0 aromatic heterocycles. The second-order valence-electron chi connectivity index (χ2n) is 4.11. The third kappa shape index (κ3) is 3.23. The number of hydrogen-bond acceptors (Lipinski definition) is 4. The Balaban J connectivity index is 2.02. The van der Waals surface area contributed by atoms with Crippen LogP contribution in [0.25, 0.3) is 0 Å². The van der Waals surface area contributed by atoms with Gasteiger partial charge in [0.25, 0.3) is 0 Å². The molecule has 98 valence electrons. The van der Waals surface area contributed by atoms with E-state index in [2.05, 4.69) is 28.2 Å². The van der Waals surface area contributed by atoms with E-state index in [1.54, 1.807) is 0 Å². The van der Waals surface area contributed by atoms with E-state index in [1.165, 1.54) is 5.56 Å². The second kappa shape index (κ2) is 6.20. The lowest BCUT2D eigenvalue weighted by Crippen LogP contribution is -2.21. The van der Waals surface area contributed by atoms with E-state index in [-0.39, 0.29) is 5.97 Å². The fourth-order valence-corrected chi connectivity index (χ4v) is 2.28. The van der Waals surface area contributed by atoms with Crippen LogP contribution in [0.5, 0.6) is 5.75 Å². The fourth-order valence-electron chi connectivity index (χ4n) is 1.76. The van der Waals surface area contributed by atoms with Crippen molar-refractivity contribution in [3.8, 4) is 5.75 Å². The number of halogens is 1. The van der Waals surface area contributed by atoms with Gasteiger partial charge in [0.2, 0.25) is 0 Å². The molecule has 0 amide bonds. The summed E-state index contributed by atoms with van der Waals surface area (Å²) in [5, 5.41) is 3.26. The van der Waals surface area contributed by atoms with Gasteiger partial charge in [0.1, 0.15) is 5.75 Å². The third-order valence-electron chi connectivity index (χ3n) is 2.73. The third-order valence-corrected chi connectivity index (χ3v) is 3.35. The van der Waals surface area contributed by atoms with Crippen LogP contribution in [0.1, 0.15) is 18.9 Å². The Bertz CT molecular complexity index is 436. The van der Waals surface area contributed by atoms with E-state index < -0.39 is 6.10 Å². The topological polar surface area (TPSA) is 47.6 Å². The van der Waals surface area contributed by atoms with Gasteiger partial charge in [0, 0.05) is 13.0 Å². The van der Waals surface area contributed by atoms with Crippen molar-refractivity contribution in [2.75, 3.05) is 13.2 Å². The van der Waals surface area contributed by atoms with Crippen LogP contribution >= 0.6 is 15.9 Å². The van der Waals surface area contributed by atoms with E-state index in [1.807, 2.05) is 18.2 Å². The molecular formula is C13H16BrNO3. The molecule has 0 spiro atoms. The molecule has 0 saturated carbocycles. The molecule has 0 bridgehead atoms. The van der Waals surface area contributed by atoms with Gasteiger partial charge in [-0.25, -0.2) is 4.79 Å². The number of rotatable bonds is 5. The van der Waals surface area contributed by atoms with E-state index in [9.17, 15) is 4.79 Å². The molecule has 1 heterocycles. The first-order valence-electron chi connectivity index (χ1n) is 6.03. The summed E-state index contributed by atoms with van der Waals surface area (Å²) in [5.41, 5.74) is 1.17. The number of nitrogens with one attached hydrogen (secondary N) is 1. The molecule has 1 fully saturated rings. The lowest BCUT2D eigenvalue weighted by molar-refractivity contribution is -0.143. The maximum Gasteiger partial charge on any atom is 0.347 e. The van der Waals surface area contributed by atoms with Crippen molar-refractivity contribution in [3.05, 3.63) is 28.2 Å².